The van der Waals surface area contributed by atoms with E-state index >= 15 is 0 Å². The molecule has 0 aliphatic carbocycles. The molecule has 2 aromatic carbocycles. The summed E-state index contributed by atoms with van der Waals surface area (Å²) in [5, 5.41) is 11.5. The summed E-state index contributed by atoms with van der Waals surface area (Å²) in [6, 6.07) is 18.7. The molecular weight excluding hydrogens is 276 g/mol. The van der Waals surface area contributed by atoms with E-state index in [-0.39, 0.29) is 5.91 Å². The Bertz CT molecular complexity index is 572. The highest BCUT2D eigenvalue weighted by Gasteiger charge is 2.23. The van der Waals surface area contributed by atoms with Gasteiger partial charge in [-0.1, -0.05) is 56.2 Å². The minimum Gasteiger partial charge on any atom is -0.383 e. The van der Waals surface area contributed by atoms with Crippen LogP contribution in [-0.2, 0) is 4.79 Å². The van der Waals surface area contributed by atoms with E-state index in [2.05, 4.69) is 5.43 Å². The molecule has 1 amide bonds. The second-order valence-electron chi connectivity index (χ2n) is 5.15. The van der Waals surface area contributed by atoms with Crippen molar-refractivity contribution in [3.05, 3.63) is 60.7 Å². The highest BCUT2D eigenvalue weighted by Crippen LogP contribution is 2.18. The summed E-state index contributed by atoms with van der Waals surface area (Å²) in [5.74, 6) is -0.344. The zero-order valence-electron chi connectivity index (χ0n) is 12.8. The van der Waals surface area contributed by atoms with E-state index in [1.807, 2.05) is 67.6 Å². The van der Waals surface area contributed by atoms with Crippen LogP contribution in [-0.4, -0.2) is 17.1 Å². The van der Waals surface area contributed by atoms with Gasteiger partial charge in [0, 0.05) is 0 Å². The lowest BCUT2D eigenvalue weighted by molar-refractivity contribution is -0.126. The van der Waals surface area contributed by atoms with Crippen LogP contribution in [0.1, 0.15) is 26.2 Å². The van der Waals surface area contributed by atoms with Crippen LogP contribution in [0.2, 0.25) is 0 Å². The Balaban J connectivity index is 2.20. The summed E-state index contributed by atoms with van der Waals surface area (Å²) in [5.41, 5.74) is 4.57. The number of aliphatic hydroxyl groups excluding tert-OH is 1. The summed E-state index contributed by atoms with van der Waals surface area (Å²) in [7, 11) is 0. The minimum absolute atomic E-state index is 0.344. The summed E-state index contributed by atoms with van der Waals surface area (Å²) in [6.45, 7) is 2.04. The molecule has 4 heteroatoms. The molecule has 2 aromatic rings. The molecule has 0 aliphatic heterocycles. The van der Waals surface area contributed by atoms with Crippen molar-refractivity contribution in [1.29, 1.82) is 0 Å². The maximum Gasteiger partial charge on any atom is 0.274 e. The van der Waals surface area contributed by atoms with Gasteiger partial charge in [0.1, 0.15) is 6.10 Å². The fraction of sp³-hybridized carbons (Fsp3) is 0.278. The largest absolute Gasteiger partial charge is 0.383 e. The Morgan fingerprint density at radius 2 is 1.68 bits per heavy atom. The van der Waals surface area contributed by atoms with Gasteiger partial charge in [-0.3, -0.25) is 10.2 Å². The maximum absolute atomic E-state index is 12.6. The van der Waals surface area contributed by atoms with E-state index in [0.717, 1.165) is 18.5 Å². The van der Waals surface area contributed by atoms with Crippen LogP contribution < -0.4 is 10.4 Å². The predicted octanol–water partition coefficient (Wildman–Crippen LogP) is 3.60. The molecular formula is C18H22N2O2. The number of unbranched alkanes of at least 4 members (excludes halogenated alkanes) is 1. The van der Waals surface area contributed by atoms with E-state index in [1.54, 1.807) is 0 Å². The second-order valence-corrected chi connectivity index (χ2v) is 5.15. The standard InChI is InChI=1S/C18H22N2O2/c1-2-3-14-17(21)18(22)20(16-12-8-5-9-13-16)19-15-10-6-4-7-11-15/h4-13,17,19,21H,2-3,14H2,1H3. The third-order valence-corrected chi connectivity index (χ3v) is 3.37. The van der Waals surface area contributed by atoms with Gasteiger partial charge in [-0.15, -0.1) is 0 Å². The Hall–Kier alpha value is -2.33. The fourth-order valence-electron chi connectivity index (χ4n) is 2.14. The van der Waals surface area contributed by atoms with Crippen molar-refractivity contribution >= 4 is 17.3 Å². The first-order valence-electron chi connectivity index (χ1n) is 7.61. The average molecular weight is 298 g/mol. The predicted molar refractivity (Wildman–Crippen MR) is 89.5 cm³/mol. The monoisotopic (exact) mass is 298 g/mol. The molecule has 0 heterocycles. The zero-order valence-corrected chi connectivity index (χ0v) is 12.8. The summed E-state index contributed by atoms with van der Waals surface area (Å²) in [6.07, 6.45) is 1.23. The van der Waals surface area contributed by atoms with Crippen LogP contribution in [0.25, 0.3) is 0 Å². The number of rotatable bonds is 7. The van der Waals surface area contributed by atoms with Crippen LogP contribution in [0, 0.1) is 0 Å². The Kier molecular flexibility index (Phi) is 5.98. The molecule has 2 rings (SSSR count). The lowest BCUT2D eigenvalue weighted by Crippen LogP contribution is -2.43. The molecule has 116 valence electrons. The number of benzene rings is 2. The van der Waals surface area contributed by atoms with E-state index in [4.69, 9.17) is 0 Å². The third-order valence-electron chi connectivity index (χ3n) is 3.37. The summed E-state index contributed by atoms with van der Waals surface area (Å²) in [4.78, 5) is 12.6. The molecule has 4 nitrogen and oxygen atoms in total. The zero-order chi connectivity index (χ0) is 15.8. The number of carbonyl (C=O) groups is 1. The molecule has 0 aromatic heterocycles. The number of hydrazine groups is 1. The molecule has 0 fully saturated rings. The number of hydrogen-bond acceptors (Lipinski definition) is 3. The van der Waals surface area contributed by atoms with Gasteiger partial charge < -0.3 is 5.11 Å². The molecule has 1 unspecified atom stereocenters. The maximum atomic E-state index is 12.6. The molecule has 0 saturated heterocycles. The smallest absolute Gasteiger partial charge is 0.274 e. The van der Waals surface area contributed by atoms with Crippen LogP contribution in [0.4, 0.5) is 11.4 Å². The lowest BCUT2D eigenvalue weighted by atomic mass is 10.1. The first-order valence-corrected chi connectivity index (χ1v) is 7.61. The van der Waals surface area contributed by atoms with Gasteiger partial charge >= 0.3 is 0 Å². The number of anilines is 2. The first-order chi connectivity index (χ1) is 10.7. The van der Waals surface area contributed by atoms with Gasteiger partial charge in [0.25, 0.3) is 5.91 Å². The number of nitrogens with zero attached hydrogens (tertiary/aromatic N) is 1. The fourth-order valence-corrected chi connectivity index (χ4v) is 2.14. The van der Waals surface area contributed by atoms with E-state index in [0.29, 0.717) is 12.1 Å². The van der Waals surface area contributed by atoms with E-state index in [9.17, 15) is 9.90 Å². The second kappa shape index (κ2) is 8.20. The number of amides is 1. The average Bonchev–Trinajstić information content (AvgIpc) is 2.58. The first kappa shape index (κ1) is 16.0. The molecule has 0 saturated carbocycles. The van der Waals surface area contributed by atoms with Crippen molar-refractivity contribution in [3.63, 3.8) is 0 Å². The number of nitrogens with one attached hydrogen (secondary N) is 1. The molecule has 0 bridgehead atoms. The minimum atomic E-state index is -1.00. The van der Waals surface area contributed by atoms with Crippen LogP contribution in [0.3, 0.4) is 0 Å². The van der Waals surface area contributed by atoms with Gasteiger partial charge in [-0.05, 0) is 30.7 Å². The molecule has 2 N–H and O–H groups in total. The van der Waals surface area contributed by atoms with Crippen LogP contribution in [0.5, 0.6) is 0 Å². The Labute approximate surface area is 131 Å². The molecule has 0 aliphatic rings. The van der Waals surface area contributed by atoms with Gasteiger partial charge in [0.05, 0.1) is 11.4 Å². The topological polar surface area (TPSA) is 52.6 Å². The third kappa shape index (κ3) is 4.33. The summed E-state index contributed by atoms with van der Waals surface area (Å²) >= 11 is 0. The van der Waals surface area contributed by atoms with Crippen molar-refractivity contribution in [2.75, 3.05) is 10.4 Å². The van der Waals surface area contributed by atoms with Crippen molar-refractivity contribution in [2.24, 2.45) is 0 Å². The number of carbonyl (C=O) groups excluding carboxylic acids is 1. The van der Waals surface area contributed by atoms with E-state index < -0.39 is 6.10 Å². The highest BCUT2D eigenvalue weighted by atomic mass is 16.3. The molecule has 1 atom stereocenters. The van der Waals surface area contributed by atoms with Crippen LogP contribution in [0.15, 0.2) is 60.7 Å². The van der Waals surface area contributed by atoms with Gasteiger partial charge in [-0.25, -0.2) is 5.01 Å². The SMILES string of the molecule is CCCCC(O)C(=O)N(Nc1ccccc1)c1ccccc1. The Morgan fingerprint density at radius 3 is 2.27 bits per heavy atom. The Morgan fingerprint density at radius 1 is 1.09 bits per heavy atom. The number of aliphatic hydroxyl groups is 1. The quantitative estimate of drug-likeness (QED) is 0.768. The van der Waals surface area contributed by atoms with Crippen molar-refractivity contribution < 1.29 is 9.90 Å². The molecule has 22 heavy (non-hydrogen) atoms. The highest BCUT2D eigenvalue weighted by molar-refractivity contribution is 5.98. The number of para-hydroxylation sites is 2. The van der Waals surface area contributed by atoms with Crippen molar-refractivity contribution in [3.8, 4) is 0 Å². The van der Waals surface area contributed by atoms with Gasteiger partial charge in [0.15, 0.2) is 0 Å². The molecule has 0 spiro atoms. The normalized spacial score (nSPS) is 11.7. The van der Waals surface area contributed by atoms with E-state index in [1.165, 1.54) is 5.01 Å². The lowest BCUT2D eigenvalue weighted by Gasteiger charge is -2.26. The van der Waals surface area contributed by atoms with Gasteiger partial charge in [0.2, 0.25) is 0 Å². The van der Waals surface area contributed by atoms with Crippen molar-refractivity contribution in [2.45, 2.75) is 32.3 Å². The summed E-state index contributed by atoms with van der Waals surface area (Å²) < 4.78 is 0. The number of hydrogen-bond donors (Lipinski definition) is 2. The van der Waals surface area contributed by atoms with Crippen LogP contribution >= 0.6 is 0 Å². The molecule has 0 radical (unpaired) electrons. The van der Waals surface area contributed by atoms with Gasteiger partial charge in [-0.2, -0.15) is 0 Å². The van der Waals surface area contributed by atoms with Crippen molar-refractivity contribution in [1.82, 2.24) is 0 Å².